The first kappa shape index (κ1) is 12.2. The second kappa shape index (κ2) is 4.78. The summed E-state index contributed by atoms with van der Waals surface area (Å²) in [5.74, 6) is 0. The normalized spacial score (nSPS) is 11.3. The van der Waals surface area contributed by atoms with Crippen molar-refractivity contribution in [1.29, 1.82) is 0 Å². The number of hydrogen-bond donors (Lipinski definition) is 0. The second-order valence-corrected chi connectivity index (χ2v) is 5.50. The monoisotopic (exact) mass is 272 g/mol. The van der Waals surface area contributed by atoms with Gasteiger partial charge >= 0.3 is 0 Å². The first-order valence-corrected chi connectivity index (χ1v) is 7.26. The van der Waals surface area contributed by atoms with Crippen molar-refractivity contribution in [2.75, 3.05) is 0 Å². The molecule has 1 aromatic heterocycles. The number of furan rings is 1. The van der Waals surface area contributed by atoms with E-state index in [9.17, 15) is 0 Å². The Balaban J connectivity index is 1.97. The van der Waals surface area contributed by atoms with Gasteiger partial charge in [-0.25, -0.2) is 0 Å². The van der Waals surface area contributed by atoms with E-state index in [0.717, 1.165) is 17.6 Å². The Morgan fingerprint density at radius 2 is 1.52 bits per heavy atom. The molecule has 0 N–H and O–H groups in total. The smallest absolute Gasteiger partial charge is 0.139 e. The molecule has 0 aliphatic rings. The van der Waals surface area contributed by atoms with Gasteiger partial charge in [0.25, 0.3) is 0 Å². The number of hydrogen-bond acceptors (Lipinski definition) is 1. The molecule has 3 aromatic carbocycles. The lowest BCUT2D eigenvalue weighted by atomic mass is 9.98. The van der Waals surface area contributed by atoms with Crippen LogP contribution in [0.5, 0.6) is 0 Å². The van der Waals surface area contributed by atoms with Crippen LogP contribution < -0.4 is 0 Å². The Morgan fingerprint density at radius 3 is 2.38 bits per heavy atom. The highest BCUT2D eigenvalue weighted by Gasteiger charge is 2.12. The molecule has 0 aliphatic heterocycles. The van der Waals surface area contributed by atoms with Crippen molar-refractivity contribution in [2.24, 2.45) is 0 Å². The van der Waals surface area contributed by atoms with Crippen molar-refractivity contribution in [1.82, 2.24) is 0 Å². The third kappa shape index (κ3) is 2.02. The van der Waals surface area contributed by atoms with Gasteiger partial charge in [-0.15, -0.1) is 0 Å². The Bertz CT molecular complexity index is 917. The zero-order chi connectivity index (χ0) is 14.2. The molecule has 0 spiro atoms. The van der Waals surface area contributed by atoms with Gasteiger partial charge in [-0.05, 0) is 24.1 Å². The number of para-hydroxylation sites is 1. The van der Waals surface area contributed by atoms with Gasteiger partial charge < -0.3 is 4.42 Å². The van der Waals surface area contributed by atoms with Crippen molar-refractivity contribution in [3.63, 3.8) is 0 Å². The van der Waals surface area contributed by atoms with Crippen LogP contribution in [0.1, 0.15) is 16.7 Å². The van der Waals surface area contributed by atoms with E-state index in [1.807, 2.05) is 12.1 Å². The molecular formula is C20H16O. The summed E-state index contributed by atoms with van der Waals surface area (Å²) in [6, 6.07) is 23.2. The second-order valence-electron chi connectivity index (χ2n) is 5.50. The van der Waals surface area contributed by atoms with E-state index in [0.29, 0.717) is 0 Å². The van der Waals surface area contributed by atoms with Gasteiger partial charge in [0.05, 0.1) is 0 Å². The summed E-state index contributed by atoms with van der Waals surface area (Å²) in [5.41, 5.74) is 5.88. The Morgan fingerprint density at radius 1 is 0.762 bits per heavy atom. The fourth-order valence-electron chi connectivity index (χ4n) is 2.96. The van der Waals surface area contributed by atoms with Gasteiger partial charge in [0.15, 0.2) is 0 Å². The van der Waals surface area contributed by atoms with Crippen LogP contribution in [0.15, 0.2) is 71.1 Å². The summed E-state index contributed by atoms with van der Waals surface area (Å²) < 4.78 is 6.14. The summed E-state index contributed by atoms with van der Waals surface area (Å²) in [5, 5.41) is 2.41. The molecule has 0 amide bonds. The third-order valence-corrected chi connectivity index (χ3v) is 4.11. The highest BCUT2D eigenvalue weighted by molar-refractivity contribution is 6.06. The van der Waals surface area contributed by atoms with Gasteiger partial charge in [-0.1, -0.05) is 60.7 Å². The van der Waals surface area contributed by atoms with Crippen LogP contribution in [-0.4, -0.2) is 0 Å². The molecular weight excluding hydrogens is 256 g/mol. The van der Waals surface area contributed by atoms with Crippen molar-refractivity contribution in [2.45, 2.75) is 13.3 Å². The number of aryl methyl sites for hydroxylation is 1. The largest absolute Gasteiger partial charge is 0.456 e. The van der Waals surface area contributed by atoms with E-state index in [1.54, 1.807) is 0 Å². The predicted molar refractivity (Wildman–Crippen MR) is 87.7 cm³/mol. The van der Waals surface area contributed by atoms with Gasteiger partial charge in [0, 0.05) is 22.8 Å². The summed E-state index contributed by atoms with van der Waals surface area (Å²) in [6.45, 7) is 2.16. The quantitative estimate of drug-likeness (QED) is 0.470. The average molecular weight is 272 g/mol. The van der Waals surface area contributed by atoms with E-state index in [-0.39, 0.29) is 0 Å². The molecule has 102 valence electrons. The predicted octanol–water partition coefficient (Wildman–Crippen LogP) is 5.49. The zero-order valence-corrected chi connectivity index (χ0v) is 12.0. The first-order chi connectivity index (χ1) is 10.3. The molecule has 0 saturated heterocycles. The van der Waals surface area contributed by atoms with E-state index < -0.39 is 0 Å². The standard InChI is InChI=1S/C20H16O/c1-14-11-12-17-16-9-5-6-10-19(16)21-20(17)18(14)13-15-7-3-2-4-8-15/h2-12H,13H2,1H3. The van der Waals surface area contributed by atoms with Crippen molar-refractivity contribution >= 4 is 21.9 Å². The van der Waals surface area contributed by atoms with Crippen LogP contribution in [-0.2, 0) is 6.42 Å². The maximum atomic E-state index is 6.14. The van der Waals surface area contributed by atoms with Crippen LogP contribution in [0, 0.1) is 6.92 Å². The lowest BCUT2D eigenvalue weighted by Crippen LogP contribution is -1.92. The molecule has 0 aliphatic carbocycles. The summed E-state index contributed by atoms with van der Waals surface area (Å²) in [7, 11) is 0. The van der Waals surface area contributed by atoms with Crippen LogP contribution in [0.25, 0.3) is 21.9 Å². The van der Waals surface area contributed by atoms with Crippen molar-refractivity contribution in [3.8, 4) is 0 Å². The molecule has 1 nitrogen and oxygen atoms in total. The van der Waals surface area contributed by atoms with E-state index in [2.05, 4.69) is 61.5 Å². The van der Waals surface area contributed by atoms with Crippen molar-refractivity contribution in [3.05, 3.63) is 83.4 Å². The average Bonchev–Trinajstić information content (AvgIpc) is 2.90. The molecule has 0 saturated carbocycles. The van der Waals surface area contributed by atoms with Gasteiger partial charge in [-0.3, -0.25) is 0 Å². The highest BCUT2D eigenvalue weighted by atomic mass is 16.3. The fraction of sp³-hybridized carbons (Fsp3) is 0.100. The first-order valence-electron chi connectivity index (χ1n) is 7.26. The fourth-order valence-corrected chi connectivity index (χ4v) is 2.96. The molecule has 0 atom stereocenters. The lowest BCUT2D eigenvalue weighted by molar-refractivity contribution is 0.663. The summed E-state index contributed by atoms with van der Waals surface area (Å²) in [4.78, 5) is 0. The lowest BCUT2D eigenvalue weighted by Gasteiger charge is -2.07. The molecule has 1 heterocycles. The molecule has 4 rings (SSSR count). The summed E-state index contributed by atoms with van der Waals surface area (Å²) in [6.07, 6.45) is 0.907. The minimum atomic E-state index is 0.907. The molecule has 1 heteroatoms. The summed E-state index contributed by atoms with van der Waals surface area (Å²) >= 11 is 0. The van der Waals surface area contributed by atoms with Crippen LogP contribution in [0.2, 0.25) is 0 Å². The molecule has 0 radical (unpaired) electrons. The molecule has 0 unspecified atom stereocenters. The Hall–Kier alpha value is -2.54. The SMILES string of the molecule is Cc1ccc2c(oc3ccccc32)c1Cc1ccccc1. The number of benzene rings is 3. The maximum absolute atomic E-state index is 6.14. The van der Waals surface area contributed by atoms with E-state index in [4.69, 9.17) is 4.42 Å². The highest BCUT2D eigenvalue weighted by Crippen LogP contribution is 2.33. The zero-order valence-electron chi connectivity index (χ0n) is 12.0. The van der Waals surface area contributed by atoms with Gasteiger partial charge in [-0.2, -0.15) is 0 Å². The third-order valence-electron chi connectivity index (χ3n) is 4.11. The van der Waals surface area contributed by atoms with Crippen LogP contribution >= 0.6 is 0 Å². The number of fused-ring (bicyclic) bond motifs is 3. The molecule has 4 aromatic rings. The molecule has 21 heavy (non-hydrogen) atoms. The minimum absolute atomic E-state index is 0.907. The van der Waals surface area contributed by atoms with Gasteiger partial charge in [0.2, 0.25) is 0 Å². The van der Waals surface area contributed by atoms with E-state index in [1.165, 1.54) is 27.5 Å². The molecule has 0 fully saturated rings. The topological polar surface area (TPSA) is 13.1 Å². The Labute approximate surface area is 123 Å². The molecule has 0 bridgehead atoms. The van der Waals surface area contributed by atoms with Crippen LogP contribution in [0.3, 0.4) is 0 Å². The Kier molecular flexibility index (Phi) is 2.78. The van der Waals surface area contributed by atoms with E-state index >= 15 is 0 Å². The van der Waals surface area contributed by atoms with Crippen LogP contribution in [0.4, 0.5) is 0 Å². The maximum Gasteiger partial charge on any atom is 0.139 e. The van der Waals surface area contributed by atoms with Crippen molar-refractivity contribution < 1.29 is 4.42 Å². The minimum Gasteiger partial charge on any atom is -0.456 e. The van der Waals surface area contributed by atoms with Gasteiger partial charge in [0.1, 0.15) is 11.2 Å². The number of rotatable bonds is 2.